The summed E-state index contributed by atoms with van der Waals surface area (Å²) >= 11 is 0. The molecule has 2 saturated heterocycles. The number of ether oxygens (including phenoxy) is 1. The van der Waals surface area contributed by atoms with Gasteiger partial charge in [-0.15, -0.1) is 0 Å². The van der Waals surface area contributed by atoms with Crippen LogP contribution in [0.3, 0.4) is 0 Å². The zero-order valence-electron chi connectivity index (χ0n) is 8.51. The number of nitrogens with one attached hydrogen (secondary N) is 1. The van der Waals surface area contributed by atoms with Crippen LogP contribution in [0, 0.1) is 5.41 Å². The van der Waals surface area contributed by atoms with Gasteiger partial charge in [0.2, 0.25) is 0 Å². The van der Waals surface area contributed by atoms with E-state index in [4.69, 9.17) is 4.74 Å². The molecule has 1 atom stereocenters. The first kappa shape index (κ1) is 9.44. The second-order valence-corrected chi connectivity index (χ2v) is 4.63. The Balaban J connectivity index is 1.81. The van der Waals surface area contributed by atoms with Gasteiger partial charge in [-0.2, -0.15) is 0 Å². The molecule has 0 amide bonds. The highest BCUT2D eigenvalue weighted by Gasteiger charge is 2.30. The Labute approximate surface area is 80.4 Å². The maximum absolute atomic E-state index is 5.34. The Kier molecular flexibility index (Phi) is 2.86. The van der Waals surface area contributed by atoms with Gasteiger partial charge in [-0.05, 0) is 18.4 Å². The summed E-state index contributed by atoms with van der Waals surface area (Å²) in [5.74, 6) is 0. The maximum Gasteiger partial charge on any atom is 0.0594 e. The highest BCUT2D eigenvalue weighted by Crippen LogP contribution is 2.25. The molecule has 2 heterocycles. The van der Waals surface area contributed by atoms with Crippen molar-refractivity contribution in [2.75, 3.05) is 45.9 Å². The number of morpholine rings is 1. The van der Waals surface area contributed by atoms with E-state index in [1.165, 1.54) is 26.1 Å². The normalized spacial score (nSPS) is 36.7. The lowest BCUT2D eigenvalue weighted by Gasteiger charge is -2.34. The Hall–Kier alpha value is -0.120. The lowest BCUT2D eigenvalue weighted by molar-refractivity contribution is 0.0214. The molecule has 0 saturated carbocycles. The standard InChI is InChI=1S/C10H20N2O/c1-10(2-3-11-8-10)9-12-4-6-13-7-5-12/h11H,2-9H2,1H3. The summed E-state index contributed by atoms with van der Waals surface area (Å²) in [6.07, 6.45) is 1.32. The van der Waals surface area contributed by atoms with Crippen LogP contribution >= 0.6 is 0 Å². The molecular weight excluding hydrogens is 164 g/mol. The first-order chi connectivity index (χ1) is 6.29. The second-order valence-electron chi connectivity index (χ2n) is 4.63. The van der Waals surface area contributed by atoms with E-state index in [0.717, 1.165) is 26.3 Å². The predicted molar refractivity (Wildman–Crippen MR) is 52.9 cm³/mol. The molecule has 0 aliphatic carbocycles. The SMILES string of the molecule is CC1(CN2CCOCC2)CCNC1. The van der Waals surface area contributed by atoms with Crippen LogP contribution in [0.1, 0.15) is 13.3 Å². The molecule has 0 aromatic rings. The van der Waals surface area contributed by atoms with Crippen molar-refractivity contribution in [3.05, 3.63) is 0 Å². The molecule has 0 spiro atoms. The van der Waals surface area contributed by atoms with E-state index in [2.05, 4.69) is 17.1 Å². The zero-order valence-corrected chi connectivity index (χ0v) is 8.51. The molecule has 0 radical (unpaired) electrons. The number of hydrogen-bond donors (Lipinski definition) is 1. The van der Waals surface area contributed by atoms with Gasteiger partial charge in [0.05, 0.1) is 13.2 Å². The third-order valence-electron chi connectivity index (χ3n) is 3.17. The lowest BCUT2D eigenvalue weighted by Crippen LogP contribution is -2.43. The van der Waals surface area contributed by atoms with Crippen molar-refractivity contribution in [3.63, 3.8) is 0 Å². The van der Waals surface area contributed by atoms with Crippen LogP contribution in [-0.2, 0) is 4.74 Å². The van der Waals surface area contributed by atoms with Gasteiger partial charge in [0.25, 0.3) is 0 Å². The van der Waals surface area contributed by atoms with Crippen LogP contribution in [0.15, 0.2) is 0 Å². The van der Waals surface area contributed by atoms with E-state index in [9.17, 15) is 0 Å². The summed E-state index contributed by atoms with van der Waals surface area (Å²) in [6.45, 7) is 10.1. The van der Waals surface area contributed by atoms with Crippen molar-refractivity contribution >= 4 is 0 Å². The van der Waals surface area contributed by atoms with Gasteiger partial charge in [-0.3, -0.25) is 4.90 Å². The van der Waals surface area contributed by atoms with Crippen molar-refractivity contribution in [2.24, 2.45) is 5.41 Å². The van der Waals surface area contributed by atoms with Crippen LogP contribution < -0.4 is 5.32 Å². The molecule has 1 N–H and O–H groups in total. The van der Waals surface area contributed by atoms with E-state index in [1.54, 1.807) is 0 Å². The summed E-state index contributed by atoms with van der Waals surface area (Å²) in [6, 6.07) is 0. The van der Waals surface area contributed by atoms with Gasteiger partial charge < -0.3 is 10.1 Å². The van der Waals surface area contributed by atoms with E-state index >= 15 is 0 Å². The third kappa shape index (κ3) is 2.42. The minimum atomic E-state index is 0.511. The summed E-state index contributed by atoms with van der Waals surface area (Å²) in [4.78, 5) is 2.54. The fourth-order valence-electron chi connectivity index (χ4n) is 2.30. The Morgan fingerprint density at radius 3 is 2.77 bits per heavy atom. The minimum Gasteiger partial charge on any atom is -0.379 e. The van der Waals surface area contributed by atoms with Gasteiger partial charge in [-0.25, -0.2) is 0 Å². The lowest BCUT2D eigenvalue weighted by atomic mass is 9.89. The largest absolute Gasteiger partial charge is 0.379 e. The van der Waals surface area contributed by atoms with Crippen LogP contribution in [0.4, 0.5) is 0 Å². The summed E-state index contributed by atoms with van der Waals surface area (Å²) in [5, 5.41) is 3.44. The first-order valence-electron chi connectivity index (χ1n) is 5.29. The van der Waals surface area contributed by atoms with Crippen molar-refractivity contribution in [2.45, 2.75) is 13.3 Å². The number of rotatable bonds is 2. The zero-order chi connectivity index (χ0) is 9.15. The Bertz CT molecular complexity index is 160. The quantitative estimate of drug-likeness (QED) is 0.669. The summed E-state index contributed by atoms with van der Waals surface area (Å²) < 4.78 is 5.34. The van der Waals surface area contributed by atoms with Crippen LogP contribution in [-0.4, -0.2) is 50.8 Å². The Morgan fingerprint density at radius 1 is 1.38 bits per heavy atom. The van der Waals surface area contributed by atoms with E-state index < -0.39 is 0 Å². The molecule has 2 fully saturated rings. The molecule has 3 nitrogen and oxygen atoms in total. The summed E-state index contributed by atoms with van der Waals surface area (Å²) in [7, 11) is 0. The average Bonchev–Trinajstić information content (AvgIpc) is 2.54. The molecule has 1 unspecified atom stereocenters. The van der Waals surface area contributed by atoms with Crippen molar-refractivity contribution in [1.29, 1.82) is 0 Å². The van der Waals surface area contributed by atoms with E-state index in [1.807, 2.05) is 0 Å². The molecule has 13 heavy (non-hydrogen) atoms. The van der Waals surface area contributed by atoms with Gasteiger partial charge in [0, 0.05) is 26.2 Å². The molecule has 3 heteroatoms. The second kappa shape index (κ2) is 3.95. The molecule has 0 aromatic heterocycles. The van der Waals surface area contributed by atoms with Crippen LogP contribution in [0.25, 0.3) is 0 Å². The van der Waals surface area contributed by atoms with Crippen molar-refractivity contribution < 1.29 is 4.74 Å². The molecular formula is C10H20N2O. The first-order valence-corrected chi connectivity index (χ1v) is 5.29. The predicted octanol–water partition coefficient (Wildman–Crippen LogP) is 0.318. The van der Waals surface area contributed by atoms with Gasteiger partial charge in [0.15, 0.2) is 0 Å². The average molecular weight is 184 g/mol. The van der Waals surface area contributed by atoms with Crippen LogP contribution in [0.2, 0.25) is 0 Å². The van der Waals surface area contributed by atoms with Crippen molar-refractivity contribution in [3.8, 4) is 0 Å². The maximum atomic E-state index is 5.34. The van der Waals surface area contributed by atoms with Gasteiger partial charge >= 0.3 is 0 Å². The molecule has 2 rings (SSSR count). The number of nitrogens with zero attached hydrogens (tertiary/aromatic N) is 1. The topological polar surface area (TPSA) is 24.5 Å². The monoisotopic (exact) mass is 184 g/mol. The molecule has 0 bridgehead atoms. The molecule has 2 aliphatic rings. The molecule has 76 valence electrons. The fraction of sp³-hybridized carbons (Fsp3) is 1.00. The highest BCUT2D eigenvalue weighted by atomic mass is 16.5. The molecule has 0 aromatic carbocycles. The summed E-state index contributed by atoms with van der Waals surface area (Å²) in [5.41, 5.74) is 0.511. The van der Waals surface area contributed by atoms with Crippen molar-refractivity contribution in [1.82, 2.24) is 10.2 Å². The highest BCUT2D eigenvalue weighted by molar-refractivity contribution is 4.86. The minimum absolute atomic E-state index is 0.511. The smallest absolute Gasteiger partial charge is 0.0594 e. The van der Waals surface area contributed by atoms with Gasteiger partial charge in [0.1, 0.15) is 0 Å². The fourth-order valence-corrected chi connectivity index (χ4v) is 2.30. The number of hydrogen-bond acceptors (Lipinski definition) is 3. The Morgan fingerprint density at radius 2 is 2.15 bits per heavy atom. The van der Waals surface area contributed by atoms with E-state index in [-0.39, 0.29) is 0 Å². The third-order valence-corrected chi connectivity index (χ3v) is 3.17. The van der Waals surface area contributed by atoms with E-state index in [0.29, 0.717) is 5.41 Å². The van der Waals surface area contributed by atoms with Gasteiger partial charge in [-0.1, -0.05) is 6.92 Å². The molecule has 2 aliphatic heterocycles. The van der Waals surface area contributed by atoms with Crippen LogP contribution in [0.5, 0.6) is 0 Å².